The van der Waals surface area contributed by atoms with Crippen LogP contribution in [0.25, 0.3) is 0 Å². The van der Waals surface area contributed by atoms with Crippen LogP contribution in [0.2, 0.25) is 0 Å². The summed E-state index contributed by atoms with van der Waals surface area (Å²) in [4.78, 5) is 25.5. The van der Waals surface area contributed by atoms with Crippen LogP contribution in [0.5, 0.6) is 0 Å². The van der Waals surface area contributed by atoms with Crippen molar-refractivity contribution in [3.63, 3.8) is 0 Å². The average Bonchev–Trinajstić information content (AvgIpc) is 2.93. The second-order valence-corrected chi connectivity index (χ2v) is 6.55. The zero-order valence-corrected chi connectivity index (χ0v) is 13.4. The molecule has 1 fully saturated rings. The molecule has 1 heterocycles. The molecule has 1 saturated heterocycles. The Hall–Kier alpha value is -2.04. The van der Waals surface area contributed by atoms with Crippen LogP contribution in [0.15, 0.2) is 30.3 Å². The number of hydrogen-bond acceptors (Lipinski definition) is 4. The molecule has 0 bridgehead atoms. The number of ether oxygens (including phenoxy) is 2. The molecule has 1 aromatic rings. The molecule has 1 amide bonds. The molecule has 22 heavy (non-hydrogen) atoms. The zero-order valence-electron chi connectivity index (χ0n) is 13.4. The molecule has 120 valence electrons. The Morgan fingerprint density at radius 3 is 2.55 bits per heavy atom. The van der Waals surface area contributed by atoms with E-state index < -0.39 is 5.60 Å². The SMILES string of the molecule is CC(C)(C)OC(=O)N1CC[C@@H](COC(=O)c2ccccc2)C1. The van der Waals surface area contributed by atoms with E-state index in [1.807, 2.05) is 26.8 Å². The van der Waals surface area contributed by atoms with E-state index in [1.54, 1.807) is 29.2 Å². The first-order chi connectivity index (χ1) is 10.3. The number of benzene rings is 1. The van der Waals surface area contributed by atoms with E-state index in [-0.39, 0.29) is 18.0 Å². The highest BCUT2D eigenvalue weighted by Crippen LogP contribution is 2.20. The van der Waals surface area contributed by atoms with Crippen LogP contribution in [0.3, 0.4) is 0 Å². The quantitative estimate of drug-likeness (QED) is 0.805. The van der Waals surface area contributed by atoms with Crippen LogP contribution in [-0.2, 0) is 9.47 Å². The number of esters is 1. The van der Waals surface area contributed by atoms with Gasteiger partial charge in [0.25, 0.3) is 0 Å². The van der Waals surface area contributed by atoms with Crippen LogP contribution < -0.4 is 0 Å². The molecule has 1 aliphatic heterocycles. The van der Waals surface area contributed by atoms with Gasteiger partial charge >= 0.3 is 12.1 Å². The van der Waals surface area contributed by atoms with Crippen LogP contribution in [0, 0.1) is 5.92 Å². The Labute approximate surface area is 131 Å². The molecule has 0 spiro atoms. The number of rotatable bonds is 3. The summed E-state index contributed by atoms with van der Waals surface area (Å²) < 4.78 is 10.7. The van der Waals surface area contributed by atoms with Gasteiger partial charge in [0.1, 0.15) is 5.60 Å². The van der Waals surface area contributed by atoms with E-state index in [0.29, 0.717) is 25.3 Å². The molecule has 0 unspecified atom stereocenters. The third kappa shape index (κ3) is 4.76. The van der Waals surface area contributed by atoms with Gasteiger partial charge in [-0.15, -0.1) is 0 Å². The smallest absolute Gasteiger partial charge is 0.410 e. The van der Waals surface area contributed by atoms with Gasteiger partial charge in [-0.2, -0.15) is 0 Å². The molecule has 5 heteroatoms. The number of likely N-dealkylation sites (tertiary alicyclic amines) is 1. The highest BCUT2D eigenvalue weighted by atomic mass is 16.6. The summed E-state index contributed by atoms with van der Waals surface area (Å²) in [6, 6.07) is 8.91. The molecular formula is C17H23NO4. The number of carbonyl (C=O) groups is 2. The standard InChI is InChI=1S/C17H23NO4/c1-17(2,3)22-16(20)18-10-9-13(11-18)12-21-15(19)14-7-5-4-6-8-14/h4-8,13H,9-12H2,1-3H3/t13-/m1/s1. The molecule has 0 aromatic heterocycles. The lowest BCUT2D eigenvalue weighted by atomic mass is 10.1. The predicted molar refractivity (Wildman–Crippen MR) is 82.6 cm³/mol. The highest BCUT2D eigenvalue weighted by molar-refractivity contribution is 5.89. The number of hydrogen-bond donors (Lipinski definition) is 0. The lowest BCUT2D eigenvalue weighted by Gasteiger charge is -2.24. The lowest BCUT2D eigenvalue weighted by Crippen LogP contribution is -2.35. The van der Waals surface area contributed by atoms with Crippen molar-refractivity contribution in [2.75, 3.05) is 19.7 Å². The van der Waals surface area contributed by atoms with Gasteiger partial charge in [-0.05, 0) is 39.3 Å². The summed E-state index contributed by atoms with van der Waals surface area (Å²) in [5.41, 5.74) is 0.0547. The van der Waals surface area contributed by atoms with Gasteiger partial charge in [0.15, 0.2) is 0 Å². The third-order valence-electron chi connectivity index (χ3n) is 3.40. The summed E-state index contributed by atoms with van der Waals surface area (Å²) in [6.07, 6.45) is 0.519. The maximum Gasteiger partial charge on any atom is 0.410 e. The van der Waals surface area contributed by atoms with Gasteiger partial charge in [-0.3, -0.25) is 0 Å². The summed E-state index contributed by atoms with van der Waals surface area (Å²) in [6.45, 7) is 7.08. The maximum atomic E-state index is 12.0. The van der Waals surface area contributed by atoms with Crippen LogP contribution >= 0.6 is 0 Å². The van der Waals surface area contributed by atoms with Gasteiger partial charge in [-0.25, -0.2) is 9.59 Å². The Morgan fingerprint density at radius 1 is 1.23 bits per heavy atom. The van der Waals surface area contributed by atoms with Gasteiger partial charge in [0.05, 0.1) is 12.2 Å². The summed E-state index contributed by atoms with van der Waals surface area (Å²) in [5.74, 6) is -0.156. The largest absolute Gasteiger partial charge is 0.462 e. The summed E-state index contributed by atoms with van der Waals surface area (Å²) in [7, 11) is 0. The molecule has 1 atom stereocenters. The van der Waals surface area contributed by atoms with Gasteiger partial charge in [0.2, 0.25) is 0 Å². The fourth-order valence-corrected chi connectivity index (χ4v) is 2.31. The zero-order chi connectivity index (χ0) is 16.2. The minimum absolute atomic E-state index is 0.167. The van der Waals surface area contributed by atoms with Crippen molar-refractivity contribution in [3.8, 4) is 0 Å². The van der Waals surface area contributed by atoms with Gasteiger partial charge in [-0.1, -0.05) is 18.2 Å². The Balaban J connectivity index is 1.77. The van der Waals surface area contributed by atoms with Crippen LogP contribution in [0.1, 0.15) is 37.6 Å². The monoisotopic (exact) mass is 305 g/mol. The predicted octanol–water partition coefficient (Wildman–Crippen LogP) is 3.10. The second-order valence-electron chi connectivity index (χ2n) is 6.55. The Morgan fingerprint density at radius 2 is 1.91 bits per heavy atom. The van der Waals surface area contributed by atoms with Gasteiger partial charge < -0.3 is 14.4 Å². The Bertz CT molecular complexity index is 521. The summed E-state index contributed by atoms with van der Waals surface area (Å²) in [5, 5.41) is 0. The van der Waals surface area contributed by atoms with Crippen molar-refractivity contribution in [1.29, 1.82) is 0 Å². The maximum absolute atomic E-state index is 12.0. The average molecular weight is 305 g/mol. The number of nitrogens with zero attached hydrogens (tertiary/aromatic N) is 1. The van der Waals surface area contributed by atoms with E-state index in [9.17, 15) is 9.59 Å². The second kappa shape index (κ2) is 6.81. The molecule has 1 aromatic carbocycles. The molecule has 1 aliphatic rings. The highest BCUT2D eigenvalue weighted by Gasteiger charge is 2.30. The molecule has 5 nitrogen and oxygen atoms in total. The Kier molecular flexibility index (Phi) is 5.06. The van der Waals surface area contributed by atoms with Crippen molar-refractivity contribution in [1.82, 2.24) is 4.90 Å². The van der Waals surface area contributed by atoms with Crippen molar-refractivity contribution < 1.29 is 19.1 Å². The molecule has 0 N–H and O–H groups in total. The van der Waals surface area contributed by atoms with E-state index in [2.05, 4.69) is 0 Å². The van der Waals surface area contributed by atoms with E-state index in [1.165, 1.54) is 0 Å². The van der Waals surface area contributed by atoms with E-state index in [0.717, 1.165) is 6.42 Å². The first kappa shape index (κ1) is 16.3. The van der Waals surface area contributed by atoms with Crippen molar-refractivity contribution in [2.24, 2.45) is 5.92 Å². The molecule has 0 radical (unpaired) electrons. The van der Waals surface area contributed by atoms with Crippen molar-refractivity contribution in [2.45, 2.75) is 32.8 Å². The normalized spacial score (nSPS) is 18.1. The number of carbonyl (C=O) groups excluding carboxylic acids is 2. The minimum atomic E-state index is -0.491. The lowest BCUT2D eigenvalue weighted by molar-refractivity contribution is 0.0274. The third-order valence-corrected chi connectivity index (χ3v) is 3.40. The van der Waals surface area contributed by atoms with E-state index in [4.69, 9.17) is 9.47 Å². The first-order valence-electron chi connectivity index (χ1n) is 7.55. The molecule has 0 aliphatic carbocycles. The van der Waals surface area contributed by atoms with E-state index >= 15 is 0 Å². The van der Waals surface area contributed by atoms with Crippen molar-refractivity contribution >= 4 is 12.1 Å². The van der Waals surface area contributed by atoms with Gasteiger partial charge in [0, 0.05) is 19.0 Å². The fraction of sp³-hybridized carbons (Fsp3) is 0.529. The topological polar surface area (TPSA) is 55.8 Å². The minimum Gasteiger partial charge on any atom is -0.462 e. The van der Waals surface area contributed by atoms with Crippen LogP contribution in [0.4, 0.5) is 4.79 Å². The molecular weight excluding hydrogens is 282 g/mol. The fourth-order valence-electron chi connectivity index (χ4n) is 2.31. The first-order valence-corrected chi connectivity index (χ1v) is 7.55. The summed E-state index contributed by atoms with van der Waals surface area (Å²) >= 11 is 0. The molecule has 0 saturated carbocycles. The number of amides is 1. The van der Waals surface area contributed by atoms with Crippen molar-refractivity contribution in [3.05, 3.63) is 35.9 Å². The van der Waals surface area contributed by atoms with Crippen LogP contribution in [-0.4, -0.2) is 42.3 Å². The molecule has 2 rings (SSSR count).